The molecule has 1 rings (SSSR count). The van der Waals surface area contributed by atoms with Crippen LogP contribution in [0.1, 0.15) is 5.69 Å². The Bertz CT molecular complexity index is 378. The highest BCUT2D eigenvalue weighted by Crippen LogP contribution is 2.07. The van der Waals surface area contributed by atoms with Crippen LogP contribution in [0.4, 0.5) is 10.6 Å². The lowest BCUT2D eigenvalue weighted by atomic mass is 10.4. The van der Waals surface area contributed by atoms with Gasteiger partial charge in [0.15, 0.2) is 5.82 Å². The number of nitrogens with zero attached hydrogens (tertiary/aromatic N) is 3. The van der Waals surface area contributed by atoms with Crippen molar-refractivity contribution in [2.75, 3.05) is 45.8 Å². The summed E-state index contributed by atoms with van der Waals surface area (Å²) in [4.78, 5) is 13.7. The van der Waals surface area contributed by atoms with Crippen LogP contribution in [0, 0.1) is 6.92 Å². The van der Waals surface area contributed by atoms with Gasteiger partial charge < -0.3 is 14.4 Å². The van der Waals surface area contributed by atoms with Gasteiger partial charge in [0.05, 0.1) is 13.2 Å². The van der Waals surface area contributed by atoms with Gasteiger partial charge in [0.1, 0.15) is 0 Å². The maximum absolute atomic E-state index is 12.1. The molecular weight excluding hydrogens is 248 g/mol. The number of nitrogens with one attached hydrogen (secondary N) is 1. The lowest BCUT2D eigenvalue weighted by Gasteiger charge is -2.21. The Labute approximate surface area is 113 Å². The number of aryl methyl sites for hydroxylation is 2. The summed E-state index contributed by atoms with van der Waals surface area (Å²) in [6.07, 6.45) is 0. The van der Waals surface area contributed by atoms with E-state index in [4.69, 9.17) is 9.47 Å². The molecule has 19 heavy (non-hydrogen) atoms. The fourth-order valence-electron chi connectivity index (χ4n) is 1.53. The Morgan fingerprint density at radius 1 is 1.37 bits per heavy atom. The van der Waals surface area contributed by atoms with Crippen molar-refractivity contribution in [2.45, 2.75) is 6.92 Å². The van der Waals surface area contributed by atoms with E-state index in [-0.39, 0.29) is 6.03 Å². The number of carbonyl (C=O) groups is 1. The van der Waals surface area contributed by atoms with E-state index in [0.717, 1.165) is 5.69 Å². The van der Waals surface area contributed by atoms with E-state index >= 15 is 0 Å². The normalized spacial score (nSPS) is 10.5. The number of urea groups is 1. The molecule has 0 saturated heterocycles. The van der Waals surface area contributed by atoms with Crippen LogP contribution in [-0.2, 0) is 16.5 Å². The molecular formula is C12H22N4O3. The quantitative estimate of drug-likeness (QED) is 0.797. The molecule has 0 spiro atoms. The molecule has 7 heteroatoms. The van der Waals surface area contributed by atoms with E-state index in [2.05, 4.69) is 10.4 Å². The Morgan fingerprint density at radius 3 is 2.37 bits per heavy atom. The molecule has 0 radical (unpaired) electrons. The zero-order valence-corrected chi connectivity index (χ0v) is 12.0. The number of ether oxygens (including phenoxy) is 2. The average molecular weight is 270 g/mol. The molecule has 1 aromatic rings. The standard InChI is InChI=1S/C12H22N4O3/c1-10-9-11(14-15(10)2)13-12(17)16(5-7-18-3)6-8-19-4/h9H,5-8H2,1-4H3,(H,13,14,17). The molecule has 1 N–H and O–H groups in total. The first kappa shape index (κ1) is 15.5. The lowest BCUT2D eigenvalue weighted by molar-refractivity contribution is 0.127. The molecule has 1 aromatic heterocycles. The Balaban J connectivity index is 2.59. The molecule has 0 aromatic carbocycles. The number of hydrogen-bond acceptors (Lipinski definition) is 4. The van der Waals surface area contributed by atoms with Gasteiger partial charge in [0, 0.05) is 46.1 Å². The van der Waals surface area contributed by atoms with E-state index in [1.807, 2.05) is 20.0 Å². The Hall–Kier alpha value is -1.60. The number of methoxy groups -OCH3 is 2. The summed E-state index contributed by atoms with van der Waals surface area (Å²) in [6.45, 7) is 3.92. The van der Waals surface area contributed by atoms with Crippen molar-refractivity contribution >= 4 is 11.8 Å². The van der Waals surface area contributed by atoms with Gasteiger partial charge in [-0.2, -0.15) is 5.10 Å². The molecule has 0 fully saturated rings. The van der Waals surface area contributed by atoms with Gasteiger partial charge in [-0.3, -0.25) is 10.00 Å². The summed E-state index contributed by atoms with van der Waals surface area (Å²) in [5.74, 6) is 0.546. The highest BCUT2D eigenvalue weighted by Gasteiger charge is 2.14. The summed E-state index contributed by atoms with van der Waals surface area (Å²) >= 11 is 0. The van der Waals surface area contributed by atoms with Crippen molar-refractivity contribution in [1.82, 2.24) is 14.7 Å². The summed E-state index contributed by atoms with van der Waals surface area (Å²) in [5.41, 5.74) is 0.982. The summed E-state index contributed by atoms with van der Waals surface area (Å²) < 4.78 is 11.7. The van der Waals surface area contributed by atoms with Gasteiger partial charge in [-0.15, -0.1) is 0 Å². The molecule has 0 aliphatic rings. The third-order valence-electron chi connectivity index (χ3n) is 2.77. The van der Waals surface area contributed by atoms with Crippen molar-refractivity contribution in [3.05, 3.63) is 11.8 Å². The number of amides is 2. The van der Waals surface area contributed by atoms with Gasteiger partial charge in [0.2, 0.25) is 0 Å². The van der Waals surface area contributed by atoms with E-state index in [1.54, 1.807) is 23.8 Å². The first-order valence-electron chi connectivity index (χ1n) is 6.13. The number of rotatable bonds is 7. The Kier molecular flexibility index (Phi) is 6.31. The second-order valence-electron chi connectivity index (χ2n) is 4.20. The van der Waals surface area contributed by atoms with Crippen molar-refractivity contribution in [3.63, 3.8) is 0 Å². The smallest absolute Gasteiger partial charge is 0.323 e. The minimum Gasteiger partial charge on any atom is -0.383 e. The van der Waals surface area contributed by atoms with E-state index in [9.17, 15) is 4.79 Å². The highest BCUT2D eigenvalue weighted by atomic mass is 16.5. The molecule has 0 bridgehead atoms. The molecule has 0 aliphatic carbocycles. The first-order chi connectivity index (χ1) is 9.08. The zero-order chi connectivity index (χ0) is 14.3. The second-order valence-corrected chi connectivity index (χ2v) is 4.20. The van der Waals surface area contributed by atoms with Crippen molar-refractivity contribution in [1.29, 1.82) is 0 Å². The van der Waals surface area contributed by atoms with Crippen LogP contribution >= 0.6 is 0 Å². The summed E-state index contributed by atoms with van der Waals surface area (Å²) in [6, 6.07) is 1.62. The summed E-state index contributed by atoms with van der Waals surface area (Å²) in [7, 11) is 5.04. The fraction of sp³-hybridized carbons (Fsp3) is 0.667. The maximum atomic E-state index is 12.1. The van der Waals surface area contributed by atoms with Gasteiger partial charge in [-0.25, -0.2) is 4.79 Å². The lowest BCUT2D eigenvalue weighted by Crippen LogP contribution is -2.39. The van der Waals surface area contributed by atoms with Crippen molar-refractivity contribution in [2.24, 2.45) is 7.05 Å². The van der Waals surface area contributed by atoms with Gasteiger partial charge in [0.25, 0.3) is 0 Å². The van der Waals surface area contributed by atoms with Crippen LogP contribution in [0.15, 0.2) is 6.07 Å². The van der Waals surface area contributed by atoms with Crippen molar-refractivity contribution in [3.8, 4) is 0 Å². The second kappa shape index (κ2) is 7.75. The van der Waals surface area contributed by atoms with Gasteiger partial charge in [-0.1, -0.05) is 0 Å². The molecule has 0 atom stereocenters. The molecule has 2 amide bonds. The maximum Gasteiger partial charge on any atom is 0.323 e. The van der Waals surface area contributed by atoms with Crippen LogP contribution in [-0.4, -0.2) is 61.2 Å². The third-order valence-corrected chi connectivity index (χ3v) is 2.77. The number of anilines is 1. The molecule has 0 unspecified atom stereocenters. The molecule has 108 valence electrons. The first-order valence-corrected chi connectivity index (χ1v) is 6.13. The minimum absolute atomic E-state index is 0.202. The topological polar surface area (TPSA) is 68.6 Å². The SMILES string of the molecule is COCCN(CCOC)C(=O)Nc1cc(C)n(C)n1. The largest absolute Gasteiger partial charge is 0.383 e. The molecule has 0 saturated carbocycles. The molecule has 1 heterocycles. The van der Waals surface area contributed by atoms with E-state index in [1.165, 1.54) is 0 Å². The minimum atomic E-state index is -0.202. The molecule has 0 aliphatic heterocycles. The van der Waals surface area contributed by atoms with E-state index in [0.29, 0.717) is 32.1 Å². The fourth-order valence-corrected chi connectivity index (χ4v) is 1.53. The number of aromatic nitrogens is 2. The third kappa shape index (κ3) is 4.88. The summed E-state index contributed by atoms with van der Waals surface area (Å²) in [5, 5.41) is 6.95. The highest BCUT2D eigenvalue weighted by molar-refractivity contribution is 5.88. The monoisotopic (exact) mass is 270 g/mol. The molecule has 7 nitrogen and oxygen atoms in total. The van der Waals surface area contributed by atoms with Crippen LogP contribution in [0.5, 0.6) is 0 Å². The van der Waals surface area contributed by atoms with E-state index < -0.39 is 0 Å². The van der Waals surface area contributed by atoms with Crippen LogP contribution in [0.25, 0.3) is 0 Å². The number of carbonyl (C=O) groups excluding carboxylic acids is 1. The average Bonchev–Trinajstić information content (AvgIpc) is 2.68. The van der Waals surface area contributed by atoms with Crippen LogP contribution in [0.3, 0.4) is 0 Å². The Morgan fingerprint density at radius 2 is 1.95 bits per heavy atom. The predicted octanol–water partition coefficient (Wildman–Crippen LogP) is 0.855. The van der Waals surface area contributed by atoms with Crippen LogP contribution < -0.4 is 5.32 Å². The van der Waals surface area contributed by atoms with Crippen LogP contribution in [0.2, 0.25) is 0 Å². The number of hydrogen-bond donors (Lipinski definition) is 1. The predicted molar refractivity (Wildman–Crippen MR) is 72.3 cm³/mol. The van der Waals surface area contributed by atoms with Gasteiger partial charge in [-0.05, 0) is 6.92 Å². The van der Waals surface area contributed by atoms with Crippen molar-refractivity contribution < 1.29 is 14.3 Å². The zero-order valence-electron chi connectivity index (χ0n) is 12.0. The van der Waals surface area contributed by atoms with Gasteiger partial charge >= 0.3 is 6.03 Å².